The van der Waals surface area contributed by atoms with Crippen molar-refractivity contribution in [2.45, 2.75) is 220 Å². The minimum Gasteiger partial charge on any atom is -0.274 e. The van der Waals surface area contributed by atoms with Crippen molar-refractivity contribution in [2.75, 3.05) is 0 Å². The summed E-state index contributed by atoms with van der Waals surface area (Å²) in [5.74, 6) is 21.2. The summed E-state index contributed by atoms with van der Waals surface area (Å²) in [6.45, 7) is 32.9. The van der Waals surface area contributed by atoms with Gasteiger partial charge in [0.15, 0.2) is 0 Å². The summed E-state index contributed by atoms with van der Waals surface area (Å²) in [4.78, 5) is 58.2. The van der Waals surface area contributed by atoms with E-state index in [0.29, 0.717) is 101 Å². The fourth-order valence-corrected chi connectivity index (χ4v) is 24.8. The van der Waals surface area contributed by atoms with Crippen LogP contribution in [0.2, 0.25) is 33.2 Å². The number of unbranched alkanes of at least 4 members (excludes halogenated alkanes) is 10. The molecular weight excluding hydrogens is 1040 g/mol. The van der Waals surface area contributed by atoms with Gasteiger partial charge < -0.3 is 0 Å². The van der Waals surface area contributed by atoms with Crippen molar-refractivity contribution >= 4 is 80.8 Å². The quantitative estimate of drug-likeness (QED) is 0.0330. The van der Waals surface area contributed by atoms with Gasteiger partial charge in [0.1, 0.15) is 16.1 Å². The Morgan fingerprint density at radius 3 is 0.854 bits per heavy atom. The lowest BCUT2D eigenvalue weighted by atomic mass is 9.90. The highest BCUT2D eigenvalue weighted by Gasteiger charge is 2.43. The molecule has 0 spiro atoms. The number of hydrogen-bond donors (Lipinski definition) is 0. The van der Waals surface area contributed by atoms with E-state index in [1.807, 2.05) is 24.3 Å². The third kappa shape index (κ3) is 11.5. The van der Waals surface area contributed by atoms with Gasteiger partial charge in [-0.05, 0) is 104 Å². The Morgan fingerprint density at radius 2 is 0.573 bits per heavy atom. The van der Waals surface area contributed by atoms with Crippen LogP contribution >= 0.6 is 0 Å². The van der Waals surface area contributed by atoms with Crippen LogP contribution in [0.15, 0.2) is 92.0 Å². The lowest BCUT2D eigenvalue weighted by molar-refractivity contribution is 0.547. The molecule has 0 aliphatic heterocycles. The van der Waals surface area contributed by atoms with Crippen LogP contribution in [-0.4, -0.2) is 25.3 Å². The highest BCUT2D eigenvalue weighted by atomic mass is 28.3. The Balaban J connectivity index is 1.43. The minimum atomic E-state index is -2.37. The SMILES string of the molecule is CCCCCCCCn1c(=O)c2cc3c(C#CC#Cc4c5ccccc5c(C#C[Si](C(C)C)(C(C)C)C(C)C)c5ccccc45)c4cc5c(=O)n(CCCCCCCC)c(=O)c5cc4c(C#C[Si](C(C)C)(C(C)C)C(C)C)c3cc2c1=O. The van der Waals surface area contributed by atoms with Gasteiger partial charge in [-0.15, -0.1) is 11.1 Å². The van der Waals surface area contributed by atoms with Crippen molar-refractivity contribution in [3.63, 3.8) is 0 Å². The zero-order valence-electron chi connectivity index (χ0n) is 51.8. The maximum Gasteiger partial charge on any atom is 0.261 e. The monoisotopic (exact) mass is 1120 g/mol. The first-order valence-electron chi connectivity index (χ1n) is 31.1. The van der Waals surface area contributed by atoms with Crippen LogP contribution in [0.1, 0.15) is 196 Å². The van der Waals surface area contributed by atoms with Crippen molar-refractivity contribution in [1.29, 1.82) is 0 Å². The second kappa shape index (κ2) is 26.3. The second-order valence-electron chi connectivity index (χ2n) is 25.3. The van der Waals surface area contributed by atoms with Crippen molar-refractivity contribution in [3.8, 4) is 46.6 Å². The Kier molecular flexibility index (Phi) is 19.7. The van der Waals surface area contributed by atoms with Crippen LogP contribution in [0.25, 0.3) is 64.6 Å². The third-order valence-corrected chi connectivity index (χ3v) is 31.3. The predicted molar refractivity (Wildman–Crippen MR) is 358 cm³/mol. The van der Waals surface area contributed by atoms with Gasteiger partial charge in [-0.3, -0.25) is 28.3 Å². The van der Waals surface area contributed by atoms with E-state index >= 15 is 0 Å². The first kappa shape index (κ1) is 61.4. The maximum atomic E-state index is 14.6. The molecule has 6 aromatic carbocycles. The Morgan fingerprint density at radius 1 is 0.329 bits per heavy atom. The van der Waals surface area contributed by atoms with Gasteiger partial charge in [-0.1, -0.05) is 233 Å². The second-order valence-corrected chi connectivity index (χ2v) is 36.5. The Hall–Kier alpha value is -6.69. The van der Waals surface area contributed by atoms with Crippen molar-refractivity contribution in [2.24, 2.45) is 0 Å². The summed E-state index contributed by atoms with van der Waals surface area (Å²) in [5.41, 5.74) is 12.3. The van der Waals surface area contributed by atoms with Gasteiger partial charge in [-0.25, -0.2) is 0 Å². The first-order chi connectivity index (χ1) is 39.3. The molecule has 8 rings (SSSR count). The standard InChI is InChI=1S/C74H88N2O4Si2/c1-15-17-19-21-23-31-41-75-71(77)67-45-63-60(38-30-29-33-55-56-34-25-27-36-58(56)61(59-37-28-26-35-57(55)59)39-43-81(49(3)4,50(5)6)51(7)8)64-46-68-70(74(80)76(72(68)78)42-32-24-22-20-18-16-2)48-66(64)62(65(63)47-69(67)73(75)79)40-44-82(52(9)10,53(11)12)54(13)14/h25-28,34-37,45-54H,15-24,31-32,41-42H2,1-14H3. The molecule has 0 unspecified atom stereocenters. The molecule has 426 valence electrons. The molecule has 2 aromatic heterocycles. The topological polar surface area (TPSA) is 78.1 Å². The summed E-state index contributed by atoms with van der Waals surface area (Å²) in [5, 5.41) is 8.15. The molecule has 0 fully saturated rings. The number of fused-ring (bicyclic) bond motifs is 6. The molecule has 0 aliphatic rings. The average Bonchev–Trinajstić information content (AvgIpc) is 2.10. The largest absolute Gasteiger partial charge is 0.274 e. The number of nitrogens with zero attached hydrogens (tertiary/aromatic N) is 2. The van der Waals surface area contributed by atoms with Crippen LogP contribution in [0.4, 0.5) is 0 Å². The number of benzene rings is 6. The fraction of sp³-hybridized carbons (Fsp3) is 0.459. The van der Waals surface area contributed by atoms with Crippen LogP contribution in [-0.2, 0) is 13.1 Å². The Bertz CT molecular complexity index is 3950. The van der Waals surface area contributed by atoms with E-state index in [1.54, 1.807) is 0 Å². The van der Waals surface area contributed by atoms with Crippen molar-refractivity contribution < 1.29 is 0 Å². The summed E-state index contributed by atoms with van der Waals surface area (Å²) >= 11 is 0. The van der Waals surface area contributed by atoms with Crippen LogP contribution < -0.4 is 22.2 Å². The average molecular weight is 1130 g/mol. The molecule has 82 heavy (non-hydrogen) atoms. The number of hydrogen-bond acceptors (Lipinski definition) is 4. The molecule has 2 heterocycles. The smallest absolute Gasteiger partial charge is 0.261 e. The van der Waals surface area contributed by atoms with E-state index in [2.05, 4.69) is 192 Å². The Labute approximate surface area is 490 Å². The third-order valence-electron chi connectivity index (χ3n) is 18.7. The minimum absolute atomic E-state index is 0.305. The zero-order chi connectivity index (χ0) is 59.2. The predicted octanol–water partition coefficient (Wildman–Crippen LogP) is 17.8. The van der Waals surface area contributed by atoms with Gasteiger partial charge in [0.25, 0.3) is 22.2 Å². The maximum absolute atomic E-state index is 14.6. The summed E-state index contributed by atoms with van der Waals surface area (Å²) in [6.07, 6.45) is 12.4. The van der Waals surface area contributed by atoms with Gasteiger partial charge in [0.2, 0.25) is 0 Å². The molecule has 0 saturated heterocycles. The first-order valence-corrected chi connectivity index (χ1v) is 35.6. The van der Waals surface area contributed by atoms with Gasteiger partial charge in [0.05, 0.1) is 21.5 Å². The molecule has 8 heteroatoms. The van der Waals surface area contributed by atoms with E-state index in [1.165, 1.54) is 22.0 Å². The van der Waals surface area contributed by atoms with Gasteiger partial charge in [0, 0.05) is 56.9 Å². The summed E-state index contributed by atoms with van der Waals surface area (Å²) in [6, 6.07) is 24.2. The highest BCUT2D eigenvalue weighted by molar-refractivity contribution is 6.91. The van der Waals surface area contributed by atoms with Gasteiger partial charge in [-0.2, -0.15) is 0 Å². The molecular formula is C74H88N2O4Si2. The highest BCUT2D eigenvalue weighted by Crippen LogP contribution is 2.43. The summed E-state index contributed by atoms with van der Waals surface area (Å²) in [7, 11) is -4.44. The molecule has 0 atom stereocenters. The zero-order valence-corrected chi connectivity index (χ0v) is 53.8. The van der Waals surface area contributed by atoms with E-state index < -0.39 is 16.1 Å². The van der Waals surface area contributed by atoms with Crippen molar-refractivity contribution in [1.82, 2.24) is 9.13 Å². The van der Waals surface area contributed by atoms with Crippen LogP contribution in [0, 0.1) is 46.6 Å². The van der Waals surface area contributed by atoms with E-state index in [4.69, 9.17) is 0 Å². The van der Waals surface area contributed by atoms with Crippen LogP contribution in [0.5, 0.6) is 0 Å². The number of aromatic nitrogens is 2. The lowest BCUT2D eigenvalue weighted by Gasteiger charge is -2.38. The normalized spacial score (nSPS) is 12.2. The molecule has 0 N–H and O–H groups in total. The lowest BCUT2D eigenvalue weighted by Crippen LogP contribution is -2.43. The van der Waals surface area contributed by atoms with Crippen molar-refractivity contribution in [3.05, 3.63) is 136 Å². The molecule has 0 amide bonds. The van der Waals surface area contributed by atoms with E-state index in [9.17, 15) is 19.2 Å². The summed E-state index contributed by atoms with van der Waals surface area (Å²) < 4.78 is 2.82. The van der Waals surface area contributed by atoms with Crippen LogP contribution in [0.3, 0.4) is 0 Å². The number of rotatable bonds is 20. The molecule has 8 aromatic rings. The molecule has 0 saturated carbocycles. The molecule has 0 radical (unpaired) electrons. The fourth-order valence-electron chi connectivity index (χ4n) is 14.4. The molecule has 0 bridgehead atoms. The van der Waals surface area contributed by atoms with Gasteiger partial charge >= 0.3 is 0 Å². The van der Waals surface area contributed by atoms with E-state index in [-0.39, 0.29) is 22.2 Å². The molecule has 6 nitrogen and oxygen atoms in total. The van der Waals surface area contributed by atoms with E-state index in [0.717, 1.165) is 96.9 Å². The molecule has 0 aliphatic carbocycles.